The number of hydrogen-bond donors (Lipinski definition) is 1. The molecule has 1 fully saturated rings. The lowest BCUT2D eigenvalue weighted by Crippen LogP contribution is -2.17. The molecule has 0 saturated carbocycles. The minimum Gasteiger partial charge on any atom is -0.493 e. The van der Waals surface area contributed by atoms with Crippen molar-refractivity contribution in [2.75, 3.05) is 7.11 Å². The Morgan fingerprint density at radius 3 is 2.81 bits per heavy atom. The first-order valence-electron chi connectivity index (χ1n) is 9.56. The number of benzene rings is 1. The van der Waals surface area contributed by atoms with Crippen LogP contribution in [0.15, 0.2) is 56.4 Å². The molecule has 0 bridgehead atoms. The van der Waals surface area contributed by atoms with E-state index in [1.54, 1.807) is 31.6 Å². The molecule has 0 aliphatic carbocycles. The molecule has 0 atom stereocenters. The number of carbonyl (C=O) groups excluding carboxylic acids is 2. The van der Waals surface area contributed by atoms with Crippen LogP contribution in [0.3, 0.4) is 0 Å². The van der Waals surface area contributed by atoms with E-state index >= 15 is 0 Å². The van der Waals surface area contributed by atoms with Crippen LogP contribution in [0.2, 0.25) is 0 Å². The molecule has 2 amide bonds. The summed E-state index contributed by atoms with van der Waals surface area (Å²) >= 11 is 0.923. The zero-order valence-corrected chi connectivity index (χ0v) is 17.8. The molecule has 1 N–H and O–H groups in total. The first-order chi connectivity index (χ1) is 15.0. The van der Waals surface area contributed by atoms with Crippen molar-refractivity contribution in [3.05, 3.63) is 64.6 Å². The molecule has 3 heterocycles. The van der Waals surface area contributed by atoms with E-state index in [2.05, 4.69) is 10.3 Å². The van der Waals surface area contributed by atoms with Gasteiger partial charge < -0.3 is 18.3 Å². The van der Waals surface area contributed by atoms with Gasteiger partial charge in [-0.2, -0.15) is 0 Å². The van der Waals surface area contributed by atoms with Gasteiger partial charge in [-0.3, -0.25) is 14.9 Å². The largest absolute Gasteiger partial charge is 0.493 e. The standard InChI is InChI=1S/C22H20N2O6S/c1-13-15(23-21(30-13)17-6-4-10-28-17)12-29-16-9-8-14(11-18(16)27-2)5-3-7-19-20(25)24-22(26)31-19/h4,6-11H,3,5,12H2,1-2H3,(H,24,25,26)/b19-7+. The fourth-order valence-corrected chi connectivity index (χ4v) is 3.72. The SMILES string of the molecule is COc1cc(CC/C=C2/SC(=O)NC2=O)ccc1OCc1nc(-c2ccco2)oc1C. The van der Waals surface area contributed by atoms with Crippen molar-refractivity contribution in [2.45, 2.75) is 26.4 Å². The summed E-state index contributed by atoms with van der Waals surface area (Å²) in [6.07, 6.45) is 4.65. The van der Waals surface area contributed by atoms with Crippen LogP contribution in [-0.4, -0.2) is 23.2 Å². The summed E-state index contributed by atoms with van der Waals surface area (Å²) in [5.41, 5.74) is 1.69. The van der Waals surface area contributed by atoms with Gasteiger partial charge in [-0.1, -0.05) is 12.1 Å². The predicted molar refractivity (Wildman–Crippen MR) is 114 cm³/mol. The second-order valence-electron chi connectivity index (χ2n) is 6.72. The minimum atomic E-state index is -0.338. The Morgan fingerprint density at radius 1 is 1.23 bits per heavy atom. The highest BCUT2D eigenvalue weighted by atomic mass is 32.2. The Bertz CT molecular complexity index is 1130. The Hall–Kier alpha value is -3.46. The third kappa shape index (κ3) is 4.83. The molecule has 1 aliphatic rings. The van der Waals surface area contributed by atoms with Crippen molar-refractivity contribution in [1.82, 2.24) is 10.3 Å². The van der Waals surface area contributed by atoms with E-state index in [4.69, 9.17) is 18.3 Å². The second-order valence-corrected chi connectivity index (χ2v) is 7.74. The van der Waals surface area contributed by atoms with Crippen molar-refractivity contribution in [3.63, 3.8) is 0 Å². The lowest BCUT2D eigenvalue weighted by molar-refractivity contribution is -0.115. The highest BCUT2D eigenvalue weighted by molar-refractivity contribution is 8.18. The number of thioether (sulfide) groups is 1. The quantitative estimate of drug-likeness (QED) is 0.506. The fourth-order valence-electron chi connectivity index (χ4n) is 3.03. The number of hydrogen-bond acceptors (Lipinski definition) is 8. The third-order valence-electron chi connectivity index (χ3n) is 4.62. The number of aromatic nitrogens is 1. The molecule has 0 spiro atoms. The molecule has 1 aliphatic heterocycles. The van der Waals surface area contributed by atoms with E-state index in [1.165, 1.54) is 0 Å². The lowest BCUT2D eigenvalue weighted by atomic mass is 10.1. The number of amides is 2. The van der Waals surface area contributed by atoms with Gasteiger partial charge in [-0.15, -0.1) is 0 Å². The number of methoxy groups -OCH3 is 1. The molecule has 1 saturated heterocycles. The van der Waals surface area contributed by atoms with E-state index in [1.807, 2.05) is 25.1 Å². The number of furan rings is 1. The lowest BCUT2D eigenvalue weighted by Gasteiger charge is -2.11. The van der Waals surface area contributed by atoms with Crippen LogP contribution >= 0.6 is 11.8 Å². The first-order valence-corrected chi connectivity index (χ1v) is 10.4. The number of aryl methyl sites for hydroxylation is 2. The number of nitrogens with zero attached hydrogens (tertiary/aromatic N) is 1. The number of imide groups is 1. The van der Waals surface area contributed by atoms with Crippen LogP contribution in [0, 0.1) is 6.92 Å². The van der Waals surface area contributed by atoms with Crippen molar-refractivity contribution >= 4 is 22.9 Å². The maximum Gasteiger partial charge on any atom is 0.290 e. The van der Waals surface area contributed by atoms with Gasteiger partial charge >= 0.3 is 0 Å². The van der Waals surface area contributed by atoms with Gasteiger partial charge in [0, 0.05) is 0 Å². The Kier molecular flexibility index (Phi) is 6.13. The predicted octanol–water partition coefficient (Wildman–Crippen LogP) is 4.63. The maximum atomic E-state index is 11.6. The minimum absolute atomic E-state index is 0.220. The van der Waals surface area contributed by atoms with Crippen molar-refractivity contribution in [3.8, 4) is 23.1 Å². The van der Waals surface area contributed by atoms with E-state index in [-0.39, 0.29) is 17.8 Å². The monoisotopic (exact) mass is 440 g/mol. The van der Waals surface area contributed by atoms with E-state index in [0.29, 0.717) is 52.4 Å². The zero-order valence-electron chi connectivity index (χ0n) is 17.0. The van der Waals surface area contributed by atoms with E-state index < -0.39 is 0 Å². The van der Waals surface area contributed by atoms with Crippen molar-refractivity contribution in [2.24, 2.45) is 0 Å². The highest BCUT2D eigenvalue weighted by Crippen LogP contribution is 2.31. The molecule has 8 nitrogen and oxygen atoms in total. The number of nitrogens with one attached hydrogen (secondary N) is 1. The van der Waals surface area contributed by atoms with Crippen molar-refractivity contribution < 1.29 is 27.9 Å². The molecule has 9 heteroatoms. The number of carbonyl (C=O) groups is 2. The van der Waals surface area contributed by atoms with Crippen LogP contribution in [0.4, 0.5) is 4.79 Å². The van der Waals surface area contributed by atoms with Crippen LogP contribution in [-0.2, 0) is 17.8 Å². The third-order valence-corrected chi connectivity index (χ3v) is 5.48. The molecular formula is C22H20N2O6S. The number of allylic oxidation sites excluding steroid dienone is 1. The van der Waals surface area contributed by atoms with Gasteiger partial charge in [0.15, 0.2) is 17.3 Å². The van der Waals surface area contributed by atoms with Crippen LogP contribution < -0.4 is 14.8 Å². The van der Waals surface area contributed by atoms with Gasteiger partial charge in [0.2, 0.25) is 0 Å². The zero-order chi connectivity index (χ0) is 21.8. The Morgan fingerprint density at radius 2 is 2.10 bits per heavy atom. The summed E-state index contributed by atoms with van der Waals surface area (Å²) in [6.45, 7) is 2.04. The van der Waals surface area contributed by atoms with Gasteiger partial charge in [-0.05, 0) is 61.4 Å². The Balaban J connectivity index is 1.39. The topological polar surface area (TPSA) is 104 Å². The molecule has 160 valence electrons. The summed E-state index contributed by atoms with van der Waals surface area (Å²) in [7, 11) is 1.58. The molecule has 3 aromatic rings. The normalized spacial score (nSPS) is 14.8. The number of oxazole rings is 1. The van der Waals surface area contributed by atoms with Gasteiger partial charge in [-0.25, -0.2) is 4.98 Å². The molecule has 0 radical (unpaired) electrons. The van der Waals surface area contributed by atoms with Crippen LogP contribution in [0.5, 0.6) is 11.5 Å². The Labute approximate surface area is 182 Å². The molecule has 1 aromatic carbocycles. The summed E-state index contributed by atoms with van der Waals surface area (Å²) in [4.78, 5) is 27.7. The average molecular weight is 440 g/mol. The summed E-state index contributed by atoms with van der Waals surface area (Å²) < 4.78 is 22.3. The summed E-state index contributed by atoms with van der Waals surface area (Å²) in [5.74, 6) is 2.47. The molecule has 0 unspecified atom stereocenters. The average Bonchev–Trinajstić information content (AvgIpc) is 3.48. The molecule has 2 aromatic heterocycles. The van der Waals surface area contributed by atoms with Gasteiger partial charge in [0.05, 0.1) is 18.3 Å². The first kappa shape index (κ1) is 20.8. The highest BCUT2D eigenvalue weighted by Gasteiger charge is 2.24. The van der Waals surface area contributed by atoms with Gasteiger partial charge in [0.25, 0.3) is 17.0 Å². The summed E-state index contributed by atoms with van der Waals surface area (Å²) in [5, 5.41) is 1.91. The van der Waals surface area contributed by atoms with Crippen LogP contribution in [0.25, 0.3) is 11.7 Å². The number of ether oxygens (including phenoxy) is 2. The maximum absolute atomic E-state index is 11.6. The van der Waals surface area contributed by atoms with Crippen LogP contribution in [0.1, 0.15) is 23.4 Å². The van der Waals surface area contributed by atoms with Crippen molar-refractivity contribution in [1.29, 1.82) is 0 Å². The summed E-state index contributed by atoms with van der Waals surface area (Å²) in [6, 6.07) is 9.22. The van der Waals surface area contributed by atoms with Gasteiger partial charge in [0.1, 0.15) is 18.1 Å². The molecule has 4 rings (SSSR count). The fraction of sp³-hybridized carbons (Fsp3) is 0.227. The number of rotatable bonds is 8. The van der Waals surface area contributed by atoms with E-state index in [0.717, 1.165) is 17.3 Å². The smallest absolute Gasteiger partial charge is 0.290 e. The molecular weight excluding hydrogens is 420 g/mol. The molecule has 31 heavy (non-hydrogen) atoms. The second kappa shape index (κ2) is 9.13. The van der Waals surface area contributed by atoms with E-state index in [9.17, 15) is 9.59 Å².